The first-order valence-electron chi connectivity index (χ1n) is 8.43. The molecule has 1 saturated carbocycles. The molecule has 1 aliphatic heterocycles. The molecule has 2 fully saturated rings. The Kier molecular flexibility index (Phi) is 9.46. The molecule has 3 rings (SSSR count). The number of piperazine rings is 1. The number of nitrogens with one attached hydrogen (secondary N) is 1. The van der Waals surface area contributed by atoms with Gasteiger partial charge in [-0.05, 0) is 55.9 Å². The Labute approximate surface area is 157 Å². The van der Waals surface area contributed by atoms with Gasteiger partial charge in [0, 0.05) is 32.2 Å². The van der Waals surface area contributed by atoms with E-state index in [2.05, 4.69) is 16.3 Å². The number of hydrogen-bond acceptors (Lipinski definition) is 4. The molecule has 1 aliphatic carbocycles. The summed E-state index contributed by atoms with van der Waals surface area (Å²) in [5, 5.41) is 12.2. The van der Waals surface area contributed by atoms with E-state index in [0.717, 1.165) is 31.5 Å². The Bertz CT molecular complexity index is 504. The van der Waals surface area contributed by atoms with Gasteiger partial charge in [0.1, 0.15) is 5.75 Å². The Hall–Kier alpha value is -0.990. The molecule has 0 unspecified atom stereocenters. The van der Waals surface area contributed by atoms with Crippen LogP contribution in [0.15, 0.2) is 24.3 Å². The highest BCUT2D eigenvalue weighted by atomic mass is 35.5. The van der Waals surface area contributed by atoms with E-state index in [9.17, 15) is 0 Å². The average molecular weight is 372 g/mol. The second kappa shape index (κ2) is 10.8. The number of benzene rings is 1. The van der Waals surface area contributed by atoms with Crippen molar-refractivity contribution in [1.82, 2.24) is 10.2 Å². The summed E-state index contributed by atoms with van der Waals surface area (Å²) in [6.45, 7) is 5.50. The minimum absolute atomic E-state index is 0. The zero-order valence-corrected chi connectivity index (χ0v) is 15.6. The maximum atomic E-state index is 8.80. The predicted octanol–water partition coefficient (Wildman–Crippen LogP) is 3.24. The average Bonchev–Trinajstić information content (AvgIpc) is 2.61. The highest BCUT2D eigenvalue weighted by Gasteiger charge is 2.26. The molecule has 1 saturated heterocycles. The van der Waals surface area contributed by atoms with Gasteiger partial charge in [-0.2, -0.15) is 5.26 Å². The van der Waals surface area contributed by atoms with Crippen LogP contribution in [0, 0.1) is 17.2 Å². The molecular formula is C18H27Cl2N3O. The van der Waals surface area contributed by atoms with E-state index in [4.69, 9.17) is 10.00 Å². The summed E-state index contributed by atoms with van der Waals surface area (Å²) in [5.74, 6) is 1.55. The Morgan fingerprint density at radius 3 is 2.25 bits per heavy atom. The van der Waals surface area contributed by atoms with Crippen molar-refractivity contribution in [3.63, 3.8) is 0 Å². The maximum absolute atomic E-state index is 8.80. The molecule has 4 nitrogen and oxygen atoms in total. The molecule has 0 aromatic heterocycles. The van der Waals surface area contributed by atoms with Gasteiger partial charge in [-0.25, -0.2) is 0 Å². The van der Waals surface area contributed by atoms with Crippen LogP contribution in [0.4, 0.5) is 0 Å². The Morgan fingerprint density at radius 1 is 1.04 bits per heavy atom. The van der Waals surface area contributed by atoms with Gasteiger partial charge < -0.3 is 10.1 Å². The van der Waals surface area contributed by atoms with E-state index in [0.29, 0.717) is 11.5 Å². The zero-order valence-electron chi connectivity index (χ0n) is 13.9. The standard InChI is InChI=1S/C18H25N3O.2ClH/c19-13-15-3-7-18(8-4-15)22-14-16-1-5-17(6-2-16)21-11-9-20-10-12-21;;/h3-4,7-8,16-17,20H,1-2,5-6,9-12,14H2;2*1H. The summed E-state index contributed by atoms with van der Waals surface area (Å²) in [7, 11) is 0. The van der Waals surface area contributed by atoms with Crippen molar-refractivity contribution >= 4 is 24.8 Å². The van der Waals surface area contributed by atoms with Crippen LogP contribution in [0.1, 0.15) is 31.2 Å². The van der Waals surface area contributed by atoms with Crippen LogP contribution in [-0.2, 0) is 0 Å². The summed E-state index contributed by atoms with van der Waals surface area (Å²) < 4.78 is 5.89. The minimum atomic E-state index is 0. The van der Waals surface area contributed by atoms with Crippen molar-refractivity contribution in [2.24, 2.45) is 5.92 Å². The van der Waals surface area contributed by atoms with Crippen LogP contribution in [0.25, 0.3) is 0 Å². The molecular weight excluding hydrogens is 345 g/mol. The van der Waals surface area contributed by atoms with Crippen molar-refractivity contribution < 1.29 is 4.74 Å². The quantitative estimate of drug-likeness (QED) is 0.882. The summed E-state index contributed by atoms with van der Waals surface area (Å²) in [4.78, 5) is 2.66. The highest BCUT2D eigenvalue weighted by Crippen LogP contribution is 2.28. The number of rotatable bonds is 4. The summed E-state index contributed by atoms with van der Waals surface area (Å²) in [6.07, 6.45) is 5.15. The zero-order chi connectivity index (χ0) is 15.2. The van der Waals surface area contributed by atoms with Crippen LogP contribution in [0.5, 0.6) is 5.75 Å². The fourth-order valence-corrected chi connectivity index (χ4v) is 3.56. The van der Waals surface area contributed by atoms with Gasteiger partial charge in [-0.1, -0.05) is 0 Å². The number of halogens is 2. The summed E-state index contributed by atoms with van der Waals surface area (Å²) in [6, 6.07) is 10.3. The molecule has 1 heterocycles. The van der Waals surface area contributed by atoms with Gasteiger partial charge in [0.15, 0.2) is 0 Å². The molecule has 1 N–H and O–H groups in total. The molecule has 0 bridgehead atoms. The Balaban J connectivity index is 0.00000144. The van der Waals surface area contributed by atoms with Crippen LogP contribution >= 0.6 is 24.8 Å². The van der Waals surface area contributed by atoms with Gasteiger partial charge in [0.2, 0.25) is 0 Å². The summed E-state index contributed by atoms with van der Waals surface area (Å²) >= 11 is 0. The molecule has 0 spiro atoms. The number of nitriles is 1. The lowest BCUT2D eigenvalue weighted by molar-refractivity contribution is 0.106. The first-order valence-corrected chi connectivity index (χ1v) is 8.43. The van der Waals surface area contributed by atoms with E-state index in [1.54, 1.807) is 0 Å². The lowest BCUT2D eigenvalue weighted by Crippen LogP contribution is -2.49. The van der Waals surface area contributed by atoms with Gasteiger partial charge in [-0.15, -0.1) is 24.8 Å². The monoisotopic (exact) mass is 371 g/mol. The highest BCUT2D eigenvalue weighted by molar-refractivity contribution is 5.85. The van der Waals surface area contributed by atoms with Crippen molar-refractivity contribution in [2.45, 2.75) is 31.7 Å². The lowest BCUT2D eigenvalue weighted by atomic mass is 9.85. The fourth-order valence-electron chi connectivity index (χ4n) is 3.56. The number of nitrogens with zero attached hydrogens (tertiary/aromatic N) is 2. The van der Waals surface area contributed by atoms with Gasteiger partial charge in [-0.3, -0.25) is 4.90 Å². The minimum Gasteiger partial charge on any atom is -0.493 e. The van der Waals surface area contributed by atoms with Crippen molar-refractivity contribution in [1.29, 1.82) is 5.26 Å². The van der Waals surface area contributed by atoms with E-state index >= 15 is 0 Å². The maximum Gasteiger partial charge on any atom is 0.119 e. The predicted molar refractivity (Wildman–Crippen MR) is 101 cm³/mol. The van der Waals surface area contributed by atoms with Crippen molar-refractivity contribution in [3.8, 4) is 11.8 Å². The number of ether oxygens (including phenoxy) is 1. The molecule has 1 aromatic carbocycles. The third-order valence-electron chi connectivity index (χ3n) is 4.95. The first kappa shape index (κ1) is 21.1. The summed E-state index contributed by atoms with van der Waals surface area (Å²) in [5.41, 5.74) is 0.684. The van der Waals surface area contributed by atoms with Gasteiger partial charge in [0.05, 0.1) is 18.2 Å². The number of hydrogen-bond donors (Lipinski definition) is 1. The molecule has 1 aromatic rings. The second-order valence-electron chi connectivity index (χ2n) is 6.41. The molecule has 2 aliphatic rings. The first-order chi connectivity index (χ1) is 10.8. The molecule has 0 atom stereocenters. The second-order valence-corrected chi connectivity index (χ2v) is 6.41. The fraction of sp³-hybridized carbons (Fsp3) is 0.611. The van der Waals surface area contributed by atoms with Gasteiger partial charge >= 0.3 is 0 Å². The van der Waals surface area contributed by atoms with Crippen molar-refractivity contribution in [2.75, 3.05) is 32.8 Å². The van der Waals surface area contributed by atoms with Crippen LogP contribution < -0.4 is 10.1 Å². The van der Waals surface area contributed by atoms with Crippen molar-refractivity contribution in [3.05, 3.63) is 29.8 Å². The molecule has 24 heavy (non-hydrogen) atoms. The molecule has 0 radical (unpaired) electrons. The van der Waals surface area contributed by atoms with E-state index in [1.807, 2.05) is 24.3 Å². The van der Waals surface area contributed by atoms with E-state index < -0.39 is 0 Å². The Morgan fingerprint density at radius 2 is 1.67 bits per heavy atom. The SMILES string of the molecule is Cl.Cl.N#Cc1ccc(OCC2CCC(N3CCNCC3)CC2)cc1. The van der Waals surface area contributed by atoms with E-state index in [-0.39, 0.29) is 24.8 Å². The molecule has 134 valence electrons. The van der Waals surface area contributed by atoms with Crippen LogP contribution in [-0.4, -0.2) is 43.7 Å². The lowest BCUT2D eigenvalue weighted by Gasteiger charge is -2.39. The smallest absolute Gasteiger partial charge is 0.119 e. The molecule has 6 heteroatoms. The molecule has 0 amide bonds. The van der Waals surface area contributed by atoms with E-state index in [1.165, 1.54) is 38.8 Å². The largest absolute Gasteiger partial charge is 0.493 e. The van der Waals surface area contributed by atoms with Crippen LogP contribution in [0.3, 0.4) is 0 Å². The van der Waals surface area contributed by atoms with Crippen LogP contribution in [0.2, 0.25) is 0 Å². The third-order valence-corrected chi connectivity index (χ3v) is 4.95. The van der Waals surface area contributed by atoms with Gasteiger partial charge in [0.25, 0.3) is 0 Å². The normalized spacial score (nSPS) is 24.1. The topological polar surface area (TPSA) is 48.3 Å². The third kappa shape index (κ3) is 5.82.